The van der Waals surface area contributed by atoms with E-state index in [1.54, 1.807) is 66.9 Å². The number of carbonyl (C=O) groups is 1. The van der Waals surface area contributed by atoms with Crippen molar-refractivity contribution in [2.45, 2.75) is 22.0 Å². The van der Waals surface area contributed by atoms with Gasteiger partial charge in [0.15, 0.2) is 5.13 Å². The first-order chi connectivity index (χ1) is 16.3. The van der Waals surface area contributed by atoms with E-state index in [-0.39, 0.29) is 16.6 Å². The van der Waals surface area contributed by atoms with Gasteiger partial charge in [-0.25, -0.2) is 17.8 Å². The molecule has 0 spiro atoms. The standard InChI is InChI=1S/C24H20FN3O3S3/c1-16(23(29)27-24-26-22(15-32-24)17-7-9-18(25)10-8-17)33-20-13-11-19(12-14-20)28-34(30,31)21-5-3-2-4-6-21/h2-16,28H,1H3,(H,26,27,29). The first-order valence-electron chi connectivity index (χ1n) is 10.2. The summed E-state index contributed by atoms with van der Waals surface area (Å²) in [7, 11) is -3.66. The van der Waals surface area contributed by atoms with Gasteiger partial charge in [-0.1, -0.05) is 18.2 Å². The summed E-state index contributed by atoms with van der Waals surface area (Å²) < 4.78 is 40.5. The second-order valence-corrected chi connectivity index (χ2v) is 11.2. The molecule has 0 bridgehead atoms. The predicted octanol–water partition coefficient (Wildman–Crippen LogP) is 5.87. The van der Waals surface area contributed by atoms with Crippen LogP contribution in [0.15, 0.2) is 94.0 Å². The van der Waals surface area contributed by atoms with Crippen molar-refractivity contribution < 1.29 is 17.6 Å². The van der Waals surface area contributed by atoms with E-state index in [0.29, 0.717) is 16.5 Å². The summed E-state index contributed by atoms with van der Waals surface area (Å²) in [5.74, 6) is -0.529. The minimum absolute atomic E-state index is 0.184. The Bertz CT molecular complexity index is 1370. The van der Waals surface area contributed by atoms with Crippen LogP contribution in [0.4, 0.5) is 15.2 Å². The molecule has 10 heteroatoms. The summed E-state index contributed by atoms with van der Waals surface area (Å²) in [5.41, 5.74) is 1.86. The van der Waals surface area contributed by atoms with E-state index in [4.69, 9.17) is 0 Å². The molecule has 0 saturated carbocycles. The van der Waals surface area contributed by atoms with Crippen molar-refractivity contribution in [3.8, 4) is 11.3 Å². The Morgan fingerprint density at radius 3 is 2.35 bits per heavy atom. The first-order valence-corrected chi connectivity index (χ1v) is 13.4. The van der Waals surface area contributed by atoms with Crippen LogP contribution >= 0.6 is 23.1 Å². The number of hydrogen-bond acceptors (Lipinski definition) is 6. The molecule has 6 nitrogen and oxygen atoms in total. The van der Waals surface area contributed by atoms with Gasteiger partial charge in [0.2, 0.25) is 5.91 Å². The fourth-order valence-electron chi connectivity index (χ4n) is 2.96. The molecule has 0 aliphatic heterocycles. The minimum Gasteiger partial charge on any atom is -0.301 e. The molecule has 34 heavy (non-hydrogen) atoms. The predicted molar refractivity (Wildman–Crippen MR) is 135 cm³/mol. The molecule has 0 radical (unpaired) electrons. The van der Waals surface area contributed by atoms with Crippen molar-refractivity contribution in [3.05, 3.63) is 90.1 Å². The summed E-state index contributed by atoms with van der Waals surface area (Å²) in [6, 6.07) is 21.0. The number of aromatic nitrogens is 1. The van der Waals surface area contributed by atoms with Crippen molar-refractivity contribution in [2.75, 3.05) is 10.0 Å². The van der Waals surface area contributed by atoms with Gasteiger partial charge in [-0.2, -0.15) is 0 Å². The molecule has 1 heterocycles. The zero-order valence-electron chi connectivity index (χ0n) is 17.9. The van der Waals surface area contributed by atoms with Crippen LogP contribution < -0.4 is 10.0 Å². The van der Waals surface area contributed by atoms with Gasteiger partial charge in [0.25, 0.3) is 10.0 Å². The fraction of sp³-hybridized carbons (Fsp3) is 0.0833. The van der Waals surface area contributed by atoms with Crippen LogP contribution in [0.3, 0.4) is 0 Å². The quantitative estimate of drug-likeness (QED) is 0.288. The number of carbonyl (C=O) groups excluding carboxylic acids is 1. The average Bonchev–Trinajstić information content (AvgIpc) is 3.29. The topological polar surface area (TPSA) is 88.2 Å². The Labute approximate surface area is 205 Å². The lowest BCUT2D eigenvalue weighted by Crippen LogP contribution is -2.22. The summed E-state index contributed by atoms with van der Waals surface area (Å²) in [4.78, 5) is 18.0. The van der Waals surface area contributed by atoms with Crippen molar-refractivity contribution in [1.82, 2.24) is 4.98 Å². The number of anilines is 2. The Balaban J connectivity index is 1.34. The maximum absolute atomic E-state index is 13.1. The third-order valence-electron chi connectivity index (χ3n) is 4.72. The molecular formula is C24H20FN3O3S3. The van der Waals surface area contributed by atoms with E-state index in [1.165, 1.54) is 47.4 Å². The molecule has 1 unspecified atom stereocenters. The number of hydrogen-bond donors (Lipinski definition) is 2. The molecule has 0 aliphatic rings. The Morgan fingerprint density at radius 1 is 1.00 bits per heavy atom. The largest absolute Gasteiger partial charge is 0.301 e. The molecule has 1 atom stereocenters. The highest BCUT2D eigenvalue weighted by molar-refractivity contribution is 8.00. The van der Waals surface area contributed by atoms with Gasteiger partial charge in [-0.05, 0) is 67.6 Å². The molecule has 0 fully saturated rings. The highest BCUT2D eigenvalue weighted by atomic mass is 32.2. The second kappa shape index (κ2) is 10.4. The van der Waals surface area contributed by atoms with Gasteiger partial charge in [0.05, 0.1) is 15.8 Å². The van der Waals surface area contributed by atoms with Crippen molar-refractivity contribution >= 4 is 49.8 Å². The van der Waals surface area contributed by atoms with Crippen molar-refractivity contribution in [3.63, 3.8) is 0 Å². The van der Waals surface area contributed by atoms with Crippen molar-refractivity contribution in [1.29, 1.82) is 0 Å². The normalized spacial score (nSPS) is 12.2. The molecule has 0 saturated heterocycles. The molecule has 4 aromatic rings. The lowest BCUT2D eigenvalue weighted by atomic mass is 10.2. The SMILES string of the molecule is CC(Sc1ccc(NS(=O)(=O)c2ccccc2)cc1)C(=O)Nc1nc(-c2ccc(F)cc2)cs1. The van der Waals surface area contributed by atoms with Crippen LogP contribution in [0.1, 0.15) is 6.92 Å². The Morgan fingerprint density at radius 2 is 1.68 bits per heavy atom. The maximum Gasteiger partial charge on any atom is 0.261 e. The molecule has 1 amide bonds. The third-order valence-corrected chi connectivity index (χ3v) is 7.98. The summed E-state index contributed by atoms with van der Waals surface area (Å²) in [6.07, 6.45) is 0. The molecule has 2 N–H and O–H groups in total. The second-order valence-electron chi connectivity index (χ2n) is 7.24. The Hall–Kier alpha value is -3.21. The van der Waals surface area contributed by atoms with Crippen LogP contribution in [0.2, 0.25) is 0 Å². The van der Waals surface area contributed by atoms with Gasteiger partial charge in [0.1, 0.15) is 5.82 Å². The third kappa shape index (κ3) is 6.02. The number of thioether (sulfide) groups is 1. The van der Waals surface area contributed by atoms with Gasteiger partial charge in [-0.3, -0.25) is 9.52 Å². The highest BCUT2D eigenvalue weighted by Gasteiger charge is 2.17. The van der Waals surface area contributed by atoms with E-state index >= 15 is 0 Å². The van der Waals surface area contributed by atoms with Crippen molar-refractivity contribution in [2.24, 2.45) is 0 Å². The van der Waals surface area contributed by atoms with Crippen LogP contribution in [0.25, 0.3) is 11.3 Å². The van der Waals surface area contributed by atoms with E-state index in [9.17, 15) is 17.6 Å². The van der Waals surface area contributed by atoms with Crippen LogP contribution in [-0.2, 0) is 14.8 Å². The number of nitrogens with zero attached hydrogens (tertiary/aromatic N) is 1. The molecule has 0 aliphatic carbocycles. The van der Waals surface area contributed by atoms with Gasteiger partial charge >= 0.3 is 0 Å². The smallest absolute Gasteiger partial charge is 0.261 e. The number of rotatable bonds is 8. The molecule has 174 valence electrons. The minimum atomic E-state index is -3.66. The summed E-state index contributed by atoms with van der Waals surface area (Å²) >= 11 is 2.64. The maximum atomic E-state index is 13.1. The van der Waals surface area contributed by atoms with Crippen LogP contribution in [0.5, 0.6) is 0 Å². The first kappa shape index (κ1) is 23.9. The average molecular weight is 514 g/mol. The number of halogens is 1. The zero-order chi connectivity index (χ0) is 24.1. The lowest BCUT2D eigenvalue weighted by Gasteiger charge is -2.12. The summed E-state index contributed by atoms with van der Waals surface area (Å²) in [6.45, 7) is 1.78. The van der Waals surface area contributed by atoms with Crippen LogP contribution in [-0.4, -0.2) is 24.6 Å². The van der Waals surface area contributed by atoms with Gasteiger partial charge in [-0.15, -0.1) is 23.1 Å². The number of sulfonamides is 1. The molecule has 3 aromatic carbocycles. The number of nitrogens with one attached hydrogen (secondary N) is 2. The summed E-state index contributed by atoms with van der Waals surface area (Å²) in [5, 5.41) is 4.66. The monoisotopic (exact) mass is 513 g/mol. The lowest BCUT2D eigenvalue weighted by molar-refractivity contribution is -0.115. The molecule has 1 aromatic heterocycles. The van der Waals surface area contributed by atoms with E-state index in [0.717, 1.165) is 10.5 Å². The number of benzene rings is 3. The van der Waals surface area contributed by atoms with Gasteiger partial charge in [0, 0.05) is 21.5 Å². The Kier molecular flexibility index (Phi) is 7.30. The van der Waals surface area contributed by atoms with E-state index in [1.807, 2.05) is 0 Å². The van der Waals surface area contributed by atoms with Crippen LogP contribution in [0, 0.1) is 5.82 Å². The highest BCUT2D eigenvalue weighted by Crippen LogP contribution is 2.28. The van der Waals surface area contributed by atoms with E-state index in [2.05, 4.69) is 15.0 Å². The molecular weight excluding hydrogens is 493 g/mol. The van der Waals surface area contributed by atoms with Gasteiger partial charge < -0.3 is 5.32 Å². The van der Waals surface area contributed by atoms with E-state index < -0.39 is 15.3 Å². The number of thiazole rings is 1. The number of amides is 1. The zero-order valence-corrected chi connectivity index (χ0v) is 20.4. The fourth-order valence-corrected chi connectivity index (χ4v) is 5.63. The molecule has 4 rings (SSSR count).